The Morgan fingerprint density at radius 2 is 1.88 bits per heavy atom. The standard InChI is InChI=1S/C48H62N6O5/c1-30-40(27-42-43(58-4)28-41(51-42)39-15-12-22-49-39)50-31(2)45(30)47(57)59-24-23-54-29-34(52-53-54)14-11-9-7-5-6-8-10-13-32-25-33-26-35(55)16-17-36(33)37-20-21-48(3)38(46(32)37)18-19-44(48)56/h12,15-17,22,26-29,32,37-38,44,46,49-50,55-56H,5-11,13-14,18-21,23-25H2,1-4H3/b42-27-/t32-,37?,38+,44+,46?,48+/m1/s1. The van der Waals surface area contributed by atoms with Crippen molar-refractivity contribution in [2.45, 2.75) is 129 Å². The molecule has 1 aliphatic heterocycles. The first-order chi connectivity index (χ1) is 28.6. The van der Waals surface area contributed by atoms with E-state index < -0.39 is 0 Å². The molecule has 3 aliphatic carbocycles. The summed E-state index contributed by atoms with van der Waals surface area (Å²) in [4.78, 5) is 24.4. The van der Waals surface area contributed by atoms with E-state index in [0.29, 0.717) is 53.0 Å². The van der Waals surface area contributed by atoms with Crippen LogP contribution in [0.4, 0.5) is 0 Å². The molecule has 2 saturated carbocycles. The van der Waals surface area contributed by atoms with E-state index in [0.717, 1.165) is 79.0 Å². The summed E-state index contributed by atoms with van der Waals surface area (Å²) < 4.78 is 13.0. The number of hydrogen-bond acceptors (Lipinski definition) is 8. The Bertz CT molecular complexity index is 2200. The van der Waals surface area contributed by atoms with Gasteiger partial charge in [0.2, 0.25) is 0 Å². The van der Waals surface area contributed by atoms with Gasteiger partial charge in [0.15, 0.2) is 0 Å². The molecule has 0 radical (unpaired) electrons. The van der Waals surface area contributed by atoms with Crippen LogP contribution in [-0.2, 0) is 28.9 Å². The summed E-state index contributed by atoms with van der Waals surface area (Å²) in [6, 6.07) is 9.99. The number of H-pyrrole nitrogens is 2. The van der Waals surface area contributed by atoms with Gasteiger partial charge in [-0.3, -0.25) is 0 Å². The predicted octanol–water partition coefficient (Wildman–Crippen LogP) is 9.29. The summed E-state index contributed by atoms with van der Waals surface area (Å²) in [5.41, 5.74) is 9.08. The van der Waals surface area contributed by atoms with Gasteiger partial charge in [0, 0.05) is 29.9 Å². The highest BCUT2D eigenvalue weighted by Gasteiger charge is 2.56. The van der Waals surface area contributed by atoms with Gasteiger partial charge < -0.3 is 29.7 Å². The number of hydrogen-bond donors (Lipinski definition) is 4. The molecule has 0 bridgehead atoms. The SMILES string of the molecule is COC1=CC(c2ccc[nH]2)=N/C1=C\c1[nH]c(C)c(C(=O)OCCn2cc(CCCCCCCCC[C@@H]3Cc4cc(O)ccc4C4CC[C@]5(C)[C@@H](O)CC[C@H]5C43)nn2)c1C. The molecule has 4 aliphatic rings. The number of methoxy groups -OCH3 is 1. The topological polar surface area (TPSA) is 151 Å². The number of aliphatic hydroxyl groups excluding tert-OH is 1. The molecule has 3 aromatic heterocycles. The maximum absolute atomic E-state index is 13.2. The number of unbranched alkanes of at least 4 members (excludes halogenated alkanes) is 6. The van der Waals surface area contributed by atoms with E-state index in [1.54, 1.807) is 11.8 Å². The molecule has 0 amide bonds. The van der Waals surface area contributed by atoms with Crippen LogP contribution in [0.5, 0.6) is 5.75 Å². The van der Waals surface area contributed by atoms with Gasteiger partial charge >= 0.3 is 5.97 Å². The number of fused-ring (bicyclic) bond motifs is 5. The van der Waals surface area contributed by atoms with Crippen LogP contribution >= 0.6 is 0 Å². The molecular weight excluding hydrogens is 741 g/mol. The van der Waals surface area contributed by atoms with E-state index in [2.05, 4.69) is 33.3 Å². The third-order valence-electron chi connectivity index (χ3n) is 14.3. The molecular formula is C48H62N6O5. The Morgan fingerprint density at radius 1 is 1.07 bits per heavy atom. The maximum atomic E-state index is 13.2. The zero-order valence-corrected chi connectivity index (χ0v) is 35.3. The highest BCUT2D eigenvalue weighted by molar-refractivity contribution is 6.11. The van der Waals surface area contributed by atoms with E-state index in [-0.39, 0.29) is 24.1 Å². The molecule has 0 spiro atoms. The lowest BCUT2D eigenvalue weighted by Crippen LogP contribution is -2.47. The number of carbonyl (C=O) groups excluding carboxylic acids is 1. The molecule has 2 unspecified atom stereocenters. The van der Waals surface area contributed by atoms with E-state index in [1.807, 2.05) is 62.7 Å². The number of aromatic nitrogens is 5. The number of phenolic OH excluding ortho intramolecular Hbond substituents is 1. The van der Waals surface area contributed by atoms with Crippen molar-refractivity contribution >= 4 is 17.8 Å². The highest BCUT2D eigenvalue weighted by atomic mass is 16.5. The maximum Gasteiger partial charge on any atom is 0.340 e. The first-order valence-electron chi connectivity index (χ1n) is 22.1. The largest absolute Gasteiger partial charge is 0.508 e. The number of rotatable bonds is 17. The molecule has 314 valence electrons. The number of carbonyl (C=O) groups is 1. The Morgan fingerprint density at radius 3 is 2.68 bits per heavy atom. The van der Waals surface area contributed by atoms with Crippen LogP contribution in [0.2, 0.25) is 0 Å². The minimum atomic E-state index is -0.373. The molecule has 1 aromatic carbocycles. The van der Waals surface area contributed by atoms with Crippen molar-refractivity contribution in [3.63, 3.8) is 0 Å². The Balaban J connectivity index is 0.734. The summed E-state index contributed by atoms with van der Waals surface area (Å²) in [6.07, 6.45) is 23.6. The first kappa shape index (κ1) is 40.9. The van der Waals surface area contributed by atoms with Gasteiger partial charge in [-0.25, -0.2) is 14.5 Å². The highest BCUT2D eigenvalue weighted by Crippen LogP contribution is 2.62. The number of aromatic hydroxyl groups is 1. The summed E-state index contributed by atoms with van der Waals surface area (Å²) in [6.45, 7) is 6.78. The Hall–Kier alpha value is -4.90. The summed E-state index contributed by atoms with van der Waals surface area (Å²) >= 11 is 0. The van der Waals surface area contributed by atoms with Crippen LogP contribution < -0.4 is 0 Å². The van der Waals surface area contributed by atoms with E-state index in [4.69, 9.17) is 14.5 Å². The number of aliphatic imine (C=N–C) groups is 1. The van der Waals surface area contributed by atoms with Crippen LogP contribution in [0.15, 0.2) is 65.3 Å². The Kier molecular flexibility index (Phi) is 12.3. The third kappa shape index (κ3) is 8.58. The summed E-state index contributed by atoms with van der Waals surface area (Å²) in [5.74, 6) is 3.14. The van der Waals surface area contributed by atoms with E-state index in [9.17, 15) is 15.0 Å². The number of aromatic amines is 2. The average Bonchev–Trinajstić information content (AvgIpc) is 4.07. The molecule has 59 heavy (non-hydrogen) atoms. The molecule has 4 heterocycles. The summed E-state index contributed by atoms with van der Waals surface area (Å²) in [7, 11) is 1.62. The van der Waals surface area contributed by atoms with Crippen molar-refractivity contribution in [1.82, 2.24) is 25.0 Å². The van der Waals surface area contributed by atoms with Gasteiger partial charge in [-0.15, -0.1) is 5.10 Å². The van der Waals surface area contributed by atoms with Crippen molar-refractivity contribution in [3.8, 4) is 5.75 Å². The molecule has 4 aromatic rings. The molecule has 8 rings (SSSR count). The second kappa shape index (κ2) is 17.8. The molecule has 11 nitrogen and oxygen atoms in total. The van der Waals surface area contributed by atoms with Crippen LogP contribution in [0.3, 0.4) is 0 Å². The molecule has 6 atom stereocenters. The predicted molar refractivity (Wildman–Crippen MR) is 229 cm³/mol. The molecule has 2 fully saturated rings. The number of allylic oxidation sites excluding steroid dienone is 1. The lowest BCUT2D eigenvalue weighted by atomic mass is 9.52. The van der Waals surface area contributed by atoms with Crippen molar-refractivity contribution < 1.29 is 24.5 Å². The minimum absolute atomic E-state index is 0.0669. The zero-order valence-electron chi connectivity index (χ0n) is 35.3. The van der Waals surface area contributed by atoms with Gasteiger partial charge in [-0.2, -0.15) is 0 Å². The van der Waals surface area contributed by atoms with Gasteiger partial charge in [-0.05, 0) is 141 Å². The fourth-order valence-electron chi connectivity index (χ4n) is 11.2. The van der Waals surface area contributed by atoms with Crippen molar-refractivity contribution in [2.75, 3.05) is 13.7 Å². The van der Waals surface area contributed by atoms with Crippen molar-refractivity contribution in [2.24, 2.45) is 28.2 Å². The number of esters is 1. The lowest BCUT2D eigenvalue weighted by molar-refractivity contribution is -0.0396. The number of benzene rings is 1. The lowest BCUT2D eigenvalue weighted by Gasteiger charge is -2.53. The third-order valence-corrected chi connectivity index (χ3v) is 14.3. The molecule has 4 N–H and O–H groups in total. The first-order valence-corrected chi connectivity index (χ1v) is 22.1. The number of aliphatic hydroxyl groups is 1. The number of phenols is 1. The fraction of sp³-hybridized carbons (Fsp3) is 0.542. The van der Waals surface area contributed by atoms with Crippen LogP contribution in [0, 0.1) is 37.0 Å². The summed E-state index contributed by atoms with van der Waals surface area (Å²) in [5, 5.41) is 29.9. The smallest absolute Gasteiger partial charge is 0.340 e. The second-order valence-corrected chi connectivity index (χ2v) is 17.9. The minimum Gasteiger partial charge on any atom is -0.508 e. The second-order valence-electron chi connectivity index (χ2n) is 17.9. The monoisotopic (exact) mass is 802 g/mol. The van der Waals surface area contributed by atoms with Gasteiger partial charge in [0.1, 0.15) is 23.8 Å². The normalized spacial score (nSPS) is 25.4. The zero-order chi connectivity index (χ0) is 41.1. The Labute approximate surface area is 348 Å². The van der Waals surface area contributed by atoms with E-state index >= 15 is 0 Å². The number of nitrogens with one attached hydrogen (secondary N) is 2. The van der Waals surface area contributed by atoms with Crippen molar-refractivity contribution in [3.05, 3.63) is 105 Å². The quantitative estimate of drug-likeness (QED) is 0.0614. The molecule has 0 saturated heterocycles. The van der Waals surface area contributed by atoms with Crippen LogP contribution in [-0.4, -0.2) is 66.7 Å². The number of nitrogens with zero attached hydrogens (tertiary/aromatic N) is 4. The van der Waals surface area contributed by atoms with Gasteiger partial charge in [0.25, 0.3) is 0 Å². The van der Waals surface area contributed by atoms with Crippen LogP contribution in [0.25, 0.3) is 6.08 Å². The van der Waals surface area contributed by atoms with E-state index in [1.165, 1.54) is 56.1 Å². The van der Waals surface area contributed by atoms with Crippen molar-refractivity contribution in [1.29, 1.82) is 0 Å². The number of ether oxygens (including phenoxy) is 2. The van der Waals surface area contributed by atoms with Crippen LogP contribution in [0.1, 0.15) is 140 Å². The van der Waals surface area contributed by atoms with Gasteiger partial charge in [-0.1, -0.05) is 56.7 Å². The van der Waals surface area contributed by atoms with Gasteiger partial charge in [0.05, 0.1) is 42.4 Å². The average molecular weight is 803 g/mol. The molecule has 11 heteroatoms. The number of aryl methyl sites for hydroxylation is 2. The fourth-order valence-corrected chi connectivity index (χ4v) is 11.2.